The van der Waals surface area contributed by atoms with Crippen LogP contribution in [0.2, 0.25) is 0 Å². The zero-order valence-corrected chi connectivity index (χ0v) is 17.8. The van der Waals surface area contributed by atoms with Gasteiger partial charge in [-0.1, -0.05) is 23.9 Å². The molecule has 1 aromatic carbocycles. The summed E-state index contributed by atoms with van der Waals surface area (Å²) in [6.45, 7) is 5.97. The van der Waals surface area contributed by atoms with Gasteiger partial charge in [-0.05, 0) is 26.0 Å². The summed E-state index contributed by atoms with van der Waals surface area (Å²) in [6, 6.07) is 6.63. The van der Waals surface area contributed by atoms with Crippen molar-refractivity contribution in [3.05, 3.63) is 24.3 Å². The number of para-hydroxylation sites is 2. The second-order valence-corrected chi connectivity index (χ2v) is 8.19. The van der Waals surface area contributed by atoms with Crippen LogP contribution < -0.4 is 9.47 Å². The van der Waals surface area contributed by atoms with Gasteiger partial charge in [-0.25, -0.2) is 4.79 Å². The van der Waals surface area contributed by atoms with Crippen molar-refractivity contribution in [3.8, 4) is 11.5 Å². The fourth-order valence-corrected chi connectivity index (χ4v) is 4.46. The van der Waals surface area contributed by atoms with Crippen LogP contribution in [0.3, 0.4) is 0 Å². The number of ether oxygens (including phenoxy) is 3. The first-order chi connectivity index (χ1) is 13.5. The van der Waals surface area contributed by atoms with Crippen molar-refractivity contribution in [3.63, 3.8) is 0 Å². The molecule has 28 heavy (non-hydrogen) atoms. The molecule has 154 valence electrons. The van der Waals surface area contributed by atoms with E-state index in [0.29, 0.717) is 23.9 Å². The van der Waals surface area contributed by atoms with Gasteiger partial charge < -0.3 is 19.1 Å². The fourth-order valence-electron chi connectivity index (χ4n) is 2.69. The van der Waals surface area contributed by atoms with Gasteiger partial charge in [-0.2, -0.15) is 0 Å². The lowest BCUT2D eigenvalue weighted by atomic mass is 10.2. The molecular formula is C19H25NO6S2. The molecule has 1 saturated heterocycles. The maximum absolute atomic E-state index is 12.7. The SMILES string of the molecule is CCOC(=O)C1CSC(COc2ccccc2OCC)N1C(=O)CSC(C)=O. The third-order valence-corrected chi connectivity index (χ3v) is 5.92. The summed E-state index contributed by atoms with van der Waals surface area (Å²) >= 11 is 2.38. The van der Waals surface area contributed by atoms with Crippen LogP contribution in [0.4, 0.5) is 0 Å². The molecule has 2 rings (SSSR count). The van der Waals surface area contributed by atoms with E-state index in [1.54, 1.807) is 13.0 Å². The molecule has 0 aliphatic carbocycles. The zero-order chi connectivity index (χ0) is 20.5. The van der Waals surface area contributed by atoms with Gasteiger partial charge in [0.05, 0.1) is 19.0 Å². The van der Waals surface area contributed by atoms with E-state index >= 15 is 0 Å². The second-order valence-electron chi connectivity index (χ2n) is 5.83. The first-order valence-electron chi connectivity index (χ1n) is 9.05. The molecule has 1 aliphatic rings. The third-order valence-electron chi connectivity index (χ3n) is 3.87. The van der Waals surface area contributed by atoms with Crippen LogP contribution in [0.5, 0.6) is 11.5 Å². The Morgan fingerprint density at radius 3 is 2.43 bits per heavy atom. The predicted octanol–water partition coefficient (Wildman–Crippen LogP) is 2.58. The highest BCUT2D eigenvalue weighted by molar-refractivity contribution is 8.14. The molecule has 0 bridgehead atoms. The Kier molecular flexibility index (Phi) is 8.98. The van der Waals surface area contributed by atoms with Crippen LogP contribution in [0, 0.1) is 0 Å². The van der Waals surface area contributed by atoms with Crippen LogP contribution in [0.15, 0.2) is 24.3 Å². The van der Waals surface area contributed by atoms with E-state index in [0.717, 1.165) is 11.8 Å². The molecule has 2 unspecified atom stereocenters. The minimum absolute atomic E-state index is 0.0160. The Balaban J connectivity index is 2.11. The molecule has 1 amide bonds. The molecular weight excluding hydrogens is 402 g/mol. The van der Waals surface area contributed by atoms with Gasteiger partial charge in [0.25, 0.3) is 0 Å². The van der Waals surface area contributed by atoms with Crippen molar-refractivity contribution >= 4 is 40.5 Å². The van der Waals surface area contributed by atoms with Crippen molar-refractivity contribution in [1.29, 1.82) is 0 Å². The quantitative estimate of drug-likeness (QED) is 0.556. The number of hydrogen-bond donors (Lipinski definition) is 0. The molecule has 0 N–H and O–H groups in total. The van der Waals surface area contributed by atoms with E-state index in [1.807, 2.05) is 25.1 Å². The number of benzene rings is 1. The van der Waals surface area contributed by atoms with E-state index in [9.17, 15) is 14.4 Å². The van der Waals surface area contributed by atoms with Gasteiger partial charge in [0.2, 0.25) is 5.91 Å². The number of carbonyl (C=O) groups excluding carboxylic acids is 3. The van der Waals surface area contributed by atoms with E-state index in [4.69, 9.17) is 14.2 Å². The van der Waals surface area contributed by atoms with Crippen LogP contribution in [0.1, 0.15) is 20.8 Å². The van der Waals surface area contributed by atoms with Crippen LogP contribution in [-0.2, 0) is 19.1 Å². The van der Waals surface area contributed by atoms with Crippen LogP contribution >= 0.6 is 23.5 Å². The molecule has 9 heteroatoms. The first-order valence-corrected chi connectivity index (χ1v) is 11.1. The molecule has 2 atom stereocenters. The average Bonchev–Trinajstić information content (AvgIpc) is 3.10. The summed E-state index contributed by atoms with van der Waals surface area (Å²) in [6.07, 6.45) is 0. The maximum Gasteiger partial charge on any atom is 0.329 e. The highest BCUT2D eigenvalue weighted by Gasteiger charge is 2.42. The predicted molar refractivity (Wildman–Crippen MR) is 110 cm³/mol. The zero-order valence-electron chi connectivity index (χ0n) is 16.2. The largest absolute Gasteiger partial charge is 0.490 e. The Morgan fingerprint density at radius 2 is 1.82 bits per heavy atom. The second kappa shape index (κ2) is 11.2. The van der Waals surface area contributed by atoms with Gasteiger partial charge in [0.15, 0.2) is 16.6 Å². The smallest absolute Gasteiger partial charge is 0.329 e. The van der Waals surface area contributed by atoms with Gasteiger partial charge in [-0.3, -0.25) is 9.59 Å². The lowest BCUT2D eigenvalue weighted by molar-refractivity contribution is -0.153. The monoisotopic (exact) mass is 427 g/mol. The van der Waals surface area contributed by atoms with E-state index in [2.05, 4.69) is 0 Å². The molecule has 0 radical (unpaired) electrons. The summed E-state index contributed by atoms with van der Waals surface area (Å²) in [5.41, 5.74) is 0. The van der Waals surface area contributed by atoms with E-state index in [1.165, 1.54) is 23.6 Å². The van der Waals surface area contributed by atoms with Crippen molar-refractivity contribution in [2.75, 3.05) is 31.3 Å². The standard InChI is InChI=1S/C19H25NO6S2/c1-4-24-15-8-6-7-9-16(15)26-10-18-20(17(22)12-27-13(3)21)14(11-28-18)19(23)25-5-2/h6-9,14,18H,4-5,10-12H2,1-3H3. The lowest BCUT2D eigenvalue weighted by Crippen LogP contribution is -2.48. The molecule has 1 aromatic rings. The Labute approximate surface area is 173 Å². The fraction of sp³-hybridized carbons (Fsp3) is 0.526. The Bertz CT molecular complexity index is 699. The summed E-state index contributed by atoms with van der Waals surface area (Å²) in [7, 11) is 0. The van der Waals surface area contributed by atoms with Crippen molar-refractivity contribution in [2.24, 2.45) is 0 Å². The van der Waals surface area contributed by atoms with Crippen molar-refractivity contribution < 1.29 is 28.6 Å². The third kappa shape index (κ3) is 6.07. The molecule has 1 fully saturated rings. The van der Waals surface area contributed by atoms with Crippen molar-refractivity contribution in [1.82, 2.24) is 4.90 Å². The molecule has 1 aliphatic heterocycles. The highest BCUT2D eigenvalue weighted by Crippen LogP contribution is 2.33. The number of hydrogen-bond acceptors (Lipinski definition) is 8. The van der Waals surface area contributed by atoms with Gasteiger partial charge in [0.1, 0.15) is 18.0 Å². The number of thioether (sulfide) groups is 2. The van der Waals surface area contributed by atoms with E-state index < -0.39 is 12.0 Å². The minimum atomic E-state index is -0.680. The van der Waals surface area contributed by atoms with Gasteiger partial charge in [-0.15, -0.1) is 11.8 Å². The molecule has 0 aromatic heterocycles. The minimum Gasteiger partial charge on any atom is -0.490 e. The highest BCUT2D eigenvalue weighted by atomic mass is 32.2. The topological polar surface area (TPSA) is 82.1 Å². The number of nitrogens with zero attached hydrogens (tertiary/aromatic N) is 1. The maximum atomic E-state index is 12.7. The first kappa shape index (κ1) is 22.4. The molecule has 0 saturated carbocycles. The van der Waals surface area contributed by atoms with Crippen molar-refractivity contribution in [2.45, 2.75) is 32.2 Å². The average molecular weight is 428 g/mol. The number of esters is 1. The number of amides is 1. The molecule has 7 nitrogen and oxygen atoms in total. The summed E-state index contributed by atoms with van der Waals surface area (Å²) in [5, 5.41) is -0.504. The molecule has 1 heterocycles. The van der Waals surface area contributed by atoms with E-state index in [-0.39, 0.29) is 35.4 Å². The van der Waals surface area contributed by atoms with Gasteiger partial charge in [0, 0.05) is 12.7 Å². The van der Waals surface area contributed by atoms with Crippen LogP contribution in [-0.4, -0.2) is 64.6 Å². The normalized spacial score (nSPS) is 18.6. The number of carbonyl (C=O) groups is 3. The summed E-state index contributed by atoms with van der Waals surface area (Å²) in [4.78, 5) is 37.7. The number of rotatable bonds is 9. The Morgan fingerprint density at radius 1 is 1.14 bits per heavy atom. The summed E-state index contributed by atoms with van der Waals surface area (Å²) < 4.78 is 16.6. The summed E-state index contributed by atoms with van der Waals surface area (Å²) in [5.74, 6) is 0.896. The molecule has 0 spiro atoms. The van der Waals surface area contributed by atoms with Crippen LogP contribution in [0.25, 0.3) is 0 Å². The lowest BCUT2D eigenvalue weighted by Gasteiger charge is -2.28. The van der Waals surface area contributed by atoms with Gasteiger partial charge >= 0.3 is 5.97 Å². The Hall–Kier alpha value is -1.87.